The lowest BCUT2D eigenvalue weighted by Crippen LogP contribution is -2.11. The van der Waals surface area contributed by atoms with E-state index in [4.69, 9.17) is 14.6 Å². The number of carbonyl (C=O) groups excluding carboxylic acids is 1. The number of esters is 1. The fourth-order valence-electron chi connectivity index (χ4n) is 2.88. The molecule has 32 heavy (non-hydrogen) atoms. The summed E-state index contributed by atoms with van der Waals surface area (Å²) in [4.78, 5) is 15.7. The number of hydrogen-bond donors (Lipinski definition) is 1. The Balaban J connectivity index is 1.37. The Morgan fingerprint density at radius 3 is 2.69 bits per heavy atom. The van der Waals surface area contributed by atoms with E-state index in [0.29, 0.717) is 40.4 Å². The van der Waals surface area contributed by atoms with E-state index in [-0.39, 0.29) is 16.9 Å². The predicted octanol–water partition coefficient (Wildman–Crippen LogP) is 2.34. The summed E-state index contributed by atoms with van der Waals surface area (Å²) >= 11 is 0.986. The van der Waals surface area contributed by atoms with Crippen molar-refractivity contribution in [2.24, 2.45) is 5.14 Å². The fraction of sp³-hybridized carbons (Fsp3) is 0.200. The number of fused-ring (bicyclic) bond motifs is 1. The SMILES string of the molecule is CCOC(=O)c1ccc(Cn2cc(COc3ccc4nc(S(N)(=O)=O)sc4c3)nn2)cc1. The van der Waals surface area contributed by atoms with Gasteiger partial charge < -0.3 is 9.47 Å². The summed E-state index contributed by atoms with van der Waals surface area (Å²) in [5, 5.41) is 13.3. The quantitative estimate of drug-likeness (QED) is 0.385. The van der Waals surface area contributed by atoms with E-state index in [1.807, 2.05) is 12.1 Å². The summed E-state index contributed by atoms with van der Waals surface area (Å²) in [6.07, 6.45) is 1.77. The lowest BCUT2D eigenvalue weighted by Gasteiger charge is -2.04. The van der Waals surface area contributed by atoms with Crippen LogP contribution in [0.4, 0.5) is 0 Å². The highest BCUT2D eigenvalue weighted by Gasteiger charge is 2.15. The van der Waals surface area contributed by atoms with Crippen LogP contribution in [0.15, 0.2) is 53.0 Å². The molecule has 0 saturated carbocycles. The van der Waals surface area contributed by atoms with Crippen molar-refractivity contribution in [3.63, 3.8) is 0 Å². The second-order valence-electron chi connectivity index (χ2n) is 6.77. The van der Waals surface area contributed by atoms with Gasteiger partial charge in [-0.2, -0.15) is 0 Å². The van der Waals surface area contributed by atoms with Crippen molar-refractivity contribution in [1.82, 2.24) is 20.0 Å². The second-order valence-corrected chi connectivity index (χ2v) is 9.53. The lowest BCUT2D eigenvalue weighted by atomic mass is 10.1. The molecule has 166 valence electrons. The van der Waals surface area contributed by atoms with E-state index in [9.17, 15) is 13.2 Å². The molecule has 10 nitrogen and oxygen atoms in total. The topological polar surface area (TPSA) is 139 Å². The number of benzene rings is 2. The third kappa shape index (κ3) is 5.10. The number of carbonyl (C=O) groups is 1. The molecule has 0 aliphatic rings. The largest absolute Gasteiger partial charge is 0.487 e. The van der Waals surface area contributed by atoms with Crippen molar-refractivity contribution in [3.05, 3.63) is 65.5 Å². The van der Waals surface area contributed by atoms with Crippen LogP contribution in [0, 0.1) is 0 Å². The van der Waals surface area contributed by atoms with Gasteiger partial charge in [-0.15, -0.1) is 16.4 Å². The third-order valence-electron chi connectivity index (χ3n) is 4.37. The highest BCUT2D eigenvalue weighted by Crippen LogP contribution is 2.28. The molecule has 0 aliphatic carbocycles. The van der Waals surface area contributed by atoms with Crippen LogP contribution in [0.5, 0.6) is 5.75 Å². The van der Waals surface area contributed by atoms with Gasteiger partial charge in [-0.05, 0) is 42.8 Å². The summed E-state index contributed by atoms with van der Waals surface area (Å²) in [7, 11) is -3.84. The minimum absolute atomic E-state index is 0.136. The number of ether oxygens (including phenoxy) is 2. The maximum Gasteiger partial charge on any atom is 0.338 e. The van der Waals surface area contributed by atoms with Gasteiger partial charge in [0.15, 0.2) is 0 Å². The van der Waals surface area contributed by atoms with E-state index < -0.39 is 10.0 Å². The van der Waals surface area contributed by atoms with Crippen LogP contribution >= 0.6 is 11.3 Å². The molecule has 2 aromatic heterocycles. The number of hydrogen-bond acceptors (Lipinski definition) is 9. The summed E-state index contributed by atoms with van der Waals surface area (Å²) in [6.45, 7) is 2.77. The Hall–Kier alpha value is -3.35. The van der Waals surface area contributed by atoms with Crippen molar-refractivity contribution in [1.29, 1.82) is 0 Å². The van der Waals surface area contributed by atoms with Gasteiger partial charge in [0.05, 0.1) is 35.1 Å². The van der Waals surface area contributed by atoms with Gasteiger partial charge in [-0.1, -0.05) is 17.3 Å². The summed E-state index contributed by atoms with van der Waals surface area (Å²) in [5.41, 5.74) is 2.61. The first-order chi connectivity index (χ1) is 15.3. The molecule has 4 rings (SSSR count). The van der Waals surface area contributed by atoms with Crippen LogP contribution in [0.1, 0.15) is 28.5 Å². The van der Waals surface area contributed by atoms with Crippen molar-refractivity contribution in [2.45, 2.75) is 24.4 Å². The molecule has 0 atom stereocenters. The monoisotopic (exact) mass is 473 g/mol. The van der Waals surface area contributed by atoms with E-state index in [1.165, 1.54) is 0 Å². The summed E-state index contributed by atoms with van der Waals surface area (Å²) in [6, 6.07) is 12.2. The Kier molecular flexibility index (Phi) is 6.17. The molecule has 0 spiro atoms. The standard InChI is InChI=1S/C20H19N5O5S2/c1-2-29-19(26)14-5-3-13(4-6-14)10-25-11-15(23-24-25)12-30-16-7-8-17-18(9-16)31-20(22-17)32(21,27)28/h3-9,11H,2,10,12H2,1H3,(H2,21,27,28). The summed E-state index contributed by atoms with van der Waals surface area (Å²) < 4.78 is 35.8. The molecule has 0 bridgehead atoms. The van der Waals surface area contributed by atoms with Crippen molar-refractivity contribution in [3.8, 4) is 5.75 Å². The van der Waals surface area contributed by atoms with Crippen LogP contribution in [0.2, 0.25) is 0 Å². The molecule has 0 saturated heterocycles. The van der Waals surface area contributed by atoms with E-state index in [2.05, 4.69) is 15.3 Å². The average molecular weight is 474 g/mol. The highest BCUT2D eigenvalue weighted by atomic mass is 32.2. The Morgan fingerprint density at radius 2 is 1.97 bits per heavy atom. The average Bonchev–Trinajstić information content (AvgIpc) is 3.39. The van der Waals surface area contributed by atoms with E-state index in [0.717, 1.165) is 16.9 Å². The zero-order valence-corrected chi connectivity index (χ0v) is 18.6. The number of nitrogens with two attached hydrogens (primary N) is 1. The highest BCUT2D eigenvalue weighted by molar-refractivity contribution is 7.91. The number of thiazole rings is 1. The number of nitrogens with zero attached hydrogens (tertiary/aromatic N) is 4. The first-order valence-electron chi connectivity index (χ1n) is 9.53. The van der Waals surface area contributed by atoms with E-state index in [1.54, 1.807) is 48.1 Å². The zero-order valence-electron chi connectivity index (χ0n) is 17.0. The van der Waals surface area contributed by atoms with Crippen molar-refractivity contribution < 1.29 is 22.7 Å². The third-order valence-corrected chi connectivity index (χ3v) is 6.70. The molecular formula is C20H19N5O5S2. The molecule has 0 fully saturated rings. The summed E-state index contributed by atoms with van der Waals surface area (Å²) in [5.74, 6) is 0.197. The van der Waals surface area contributed by atoms with Crippen LogP contribution in [0.3, 0.4) is 0 Å². The smallest absolute Gasteiger partial charge is 0.338 e. The van der Waals surface area contributed by atoms with E-state index >= 15 is 0 Å². The Bertz CT molecular complexity index is 1360. The van der Waals surface area contributed by atoms with Gasteiger partial charge in [0.25, 0.3) is 10.0 Å². The number of sulfonamides is 1. The van der Waals surface area contributed by atoms with Crippen LogP contribution in [-0.4, -0.2) is 41.0 Å². The minimum atomic E-state index is -3.84. The first kappa shape index (κ1) is 21.9. The molecule has 0 radical (unpaired) electrons. The molecule has 0 aliphatic heterocycles. The molecule has 0 amide bonds. The number of primary sulfonamides is 1. The van der Waals surface area contributed by atoms with Gasteiger partial charge in [0.2, 0.25) is 4.34 Å². The molecule has 0 unspecified atom stereocenters. The van der Waals surface area contributed by atoms with Crippen LogP contribution < -0.4 is 9.88 Å². The molecule has 2 aromatic carbocycles. The fourth-order valence-corrected chi connectivity index (χ4v) is 4.57. The normalized spacial score (nSPS) is 11.6. The molecular weight excluding hydrogens is 454 g/mol. The van der Waals surface area contributed by atoms with Crippen LogP contribution in [0.25, 0.3) is 10.2 Å². The van der Waals surface area contributed by atoms with Gasteiger partial charge >= 0.3 is 5.97 Å². The van der Waals surface area contributed by atoms with Crippen LogP contribution in [-0.2, 0) is 27.9 Å². The maximum absolute atomic E-state index is 11.7. The Morgan fingerprint density at radius 1 is 1.19 bits per heavy atom. The zero-order chi connectivity index (χ0) is 22.7. The lowest BCUT2D eigenvalue weighted by molar-refractivity contribution is 0.0526. The molecule has 12 heteroatoms. The van der Waals surface area contributed by atoms with Crippen molar-refractivity contribution in [2.75, 3.05) is 6.61 Å². The number of rotatable bonds is 8. The molecule has 2 heterocycles. The van der Waals surface area contributed by atoms with Gasteiger partial charge in [-0.3, -0.25) is 0 Å². The Labute approximate surface area is 187 Å². The molecule has 2 N–H and O–H groups in total. The van der Waals surface area contributed by atoms with Gasteiger partial charge in [-0.25, -0.2) is 28.0 Å². The predicted molar refractivity (Wildman–Crippen MR) is 117 cm³/mol. The second kappa shape index (κ2) is 9.02. The maximum atomic E-state index is 11.7. The van der Waals surface area contributed by atoms with Gasteiger partial charge in [0, 0.05) is 0 Å². The van der Waals surface area contributed by atoms with Crippen molar-refractivity contribution >= 4 is 37.5 Å². The van der Waals surface area contributed by atoms with Gasteiger partial charge in [0.1, 0.15) is 18.1 Å². The first-order valence-corrected chi connectivity index (χ1v) is 11.9. The molecule has 4 aromatic rings. The number of aromatic nitrogens is 4. The minimum Gasteiger partial charge on any atom is -0.487 e.